The van der Waals surface area contributed by atoms with Crippen LogP contribution in [0.4, 0.5) is 0 Å². The third-order valence-corrected chi connectivity index (χ3v) is 3.56. The number of thiophene rings is 1. The Morgan fingerprint density at radius 1 is 1.29 bits per heavy atom. The molecule has 0 radical (unpaired) electrons. The van der Waals surface area contributed by atoms with Crippen molar-refractivity contribution in [3.8, 4) is 11.4 Å². The molecule has 1 amide bonds. The molecule has 6 nitrogen and oxygen atoms in total. The van der Waals surface area contributed by atoms with E-state index in [1.165, 1.54) is 11.3 Å². The van der Waals surface area contributed by atoms with Crippen molar-refractivity contribution in [2.75, 3.05) is 6.54 Å². The summed E-state index contributed by atoms with van der Waals surface area (Å²) in [6.07, 6.45) is 6.79. The molecule has 0 aliphatic rings. The van der Waals surface area contributed by atoms with Crippen LogP contribution in [0.3, 0.4) is 0 Å². The number of carbonyl (C=O) groups is 1. The second kappa shape index (κ2) is 6.27. The molecule has 0 aromatic carbocycles. The second-order valence-electron chi connectivity index (χ2n) is 4.32. The molecule has 0 saturated heterocycles. The van der Waals surface area contributed by atoms with E-state index in [0.29, 0.717) is 18.7 Å². The van der Waals surface area contributed by atoms with Crippen LogP contribution >= 0.6 is 11.3 Å². The first-order valence-electron chi connectivity index (χ1n) is 6.43. The van der Waals surface area contributed by atoms with Gasteiger partial charge in [0.25, 0.3) is 5.91 Å². The van der Waals surface area contributed by atoms with E-state index >= 15 is 0 Å². The van der Waals surface area contributed by atoms with E-state index in [1.54, 1.807) is 29.3 Å². The molecule has 0 aliphatic carbocycles. The average Bonchev–Trinajstić information content (AvgIpc) is 3.20. The highest BCUT2D eigenvalue weighted by Gasteiger charge is 2.06. The minimum Gasteiger partial charge on any atom is -0.350 e. The van der Waals surface area contributed by atoms with E-state index in [4.69, 9.17) is 0 Å². The van der Waals surface area contributed by atoms with Gasteiger partial charge in [-0.1, -0.05) is 0 Å². The molecule has 0 aliphatic heterocycles. The average molecular weight is 299 g/mol. The molecule has 3 aromatic heterocycles. The van der Waals surface area contributed by atoms with E-state index in [9.17, 15) is 4.79 Å². The lowest BCUT2D eigenvalue weighted by atomic mass is 10.3. The van der Waals surface area contributed by atoms with Gasteiger partial charge < -0.3 is 5.32 Å². The number of hydrogen-bond donors (Lipinski definition) is 1. The summed E-state index contributed by atoms with van der Waals surface area (Å²) < 4.78 is 1.78. The molecule has 1 N–H and O–H groups in total. The lowest BCUT2D eigenvalue weighted by molar-refractivity contribution is 0.0952. The van der Waals surface area contributed by atoms with Gasteiger partial charge in [0.2, 0.25) is 0 Å². The van der Waals surface area contributed by atoms with Crippen LogP contribution in [0.25, 0.3) is 11.4 Å². The normalized spacial score (nSPS) is 10.5. The van der Waals surface area contributed by atoms with Gasteiger partial charge in [-0.05, 0) is 17.5 Å². The Balaban J connectivity index is 1.55. The van der Waals surface area contributed by atoms with Gasteiger partial charge >= 0.3 is 0 Å². The highest BCUT2D eigenvalue weighted by atomic mass is 32.1. The number of nitrogens with one attached hydrogen (secondary N) is 1. The molecule has 0 fully saturated rings. The van der Waals surface area contributed by atoms with Gasteiger partial charge in [-0.3, -0.25) is 19.4 Å². The van der Waals surface area contributed by atoms with Crippen molar-refractivity contribution in [3.05, 3.63) is 53.2 Å². The summed E-state index contributed by atoms with van der Waals surface area (Å²) >= 11 is 1.51. The van der Waals surface area contributed by atoms with Crippen molar-refractivity contribution >= 4 is 17.2 Å². The molecule has 106 valence electrons. The van der Waals surface area contributed by atoms with Crippen LogP contribution in [-0.4, -0.2) is 32.2 Å². The molecule has 3 aromatic rings. The van der Waals surface area contributed by atoms with Gasteiger partial charge in [-0.15, -0.1) is 0 Å². The highest BCUT2D eigenvalue weighted by Crippen LogP contribution is 2.11. The summed E-state index contributed by atoms with van der Waals surface area (Å²) in [5.74, 6) is -0.0578. The predicted octanol–water partition coefficient (Wildman–Crippen LogP) is 1.83. The van der Waals surface area contributed by atoms with Gasteiger partial charge in [0.05, 0.1) is 12.7 Å². The predicted molar refractivity (Wildman–Crippen MR) is 79.9 cm³/mol. The summed E-state index contributed by atoms with van der Waals surface area (Å²) in [6.45, 7) is 1.13. The van der Waals surface area contributed by atoms with Gasteiger partial charge in [0.15, 0.2) is 0 Å². The summed E-state index contributed by atoms with van der Waals surface area (Å²) in [5, 5.41) is 11.0. The second-order valence-corrected chi connectivity index (χ2v) is 5.10. The molecular weight excluding hydrogens is 286 g/mol. The fourth-order valence-electron chi connectivity index (χ4n) is 1.83. The Bertz CT molecular complexity index is 708. The molecule has 3 rings (SSSR count). The molecule has 0 bridgehead atoms. The van der Waals surface area contributed by atoms with Crippen LogP contribution in [0.1, 0.15) is 10.4 Å². The van der Waals surface area contributed by atoms with Gasteiger partial charge in [-0.25, -0.2) is 0 Å². The molecule has 0 saturated carbocycles. The maximum atomic E-state index is 11.8. The van der Waals surface area contributed by atoms with Crippen LogP contribution in [0, 0.1) is 0 Å². The van der Waals surface area contributed by atoms with Crippen molar-refractivity contribution in [2.24, 2.45) is 0 Å². The lowest BCUT2D eigenvalue weighted by Gasteiger charge is -2.04. The topological polar surface area (TPSA) is 72.7 Å². The van der Waals surface area contributed by atoms with E-state index in [2.05, 4.69) is 20.4 Å². The minimum atomic E-state index is -0.0578. The van der Waals surface area contributed by atoms with Crippen molar-refractivity contribution in [1.82, 2.24) is 25.1 Å². The number of aromatic nitrogens is 4. The Kier molecular flexibility index (Phi) is 4.02. The highest BCUT2D eigenvalue weighted by molar-refractivity contribution is 7.08. The molecule has 21 heavy (non-hydrogen) atoms. The molecule has 3 heterocycles. The molecule has 7 heteroatoms. The van der Waals surface area contributed by atoms with Crippen LogP contribution in [-0.2, 0) is 6.54 Å². The smallest absolute Gasteiger partial charge is 0.252 e. The zero-order valence-electron chi connectivity index (χ0n) is 11.1. The first-order valence-corrected chi connectivity index (χ1v) is 7.37. The minimum absolute atomic E-state index is 0.0578. The fraction of sp³-hybridized carbons (Fsp3) is 0.143. The Morgan fingerprint density at radius 2 is 2.24 bits per heavy atom. The zero-order chi connectivity index (χ0) is 14.5. The van der Waals surface area contributed by atoms with Crippen molar-refractivity contribution in [1.29, 1.82) is 0 Å². The largest absolute Gasteiger partial charge is 0.350 e. The summed E-state index contributed by atoms with van der Waals surface area (Å²) in [4.78, 5) is 20.0. The third kappa shape index (κ3) is 3.32. The Labute approximate surface area is 125 Å². The first-order chi connectivity index (χ1) is 10.3. The van der Waals surface area contributed by atoms with Crippen LogP contribution in [0.15, 0.2) is 47.7 Å². The van der Waals surface area contributed by atoms with Gasteiger partial charge in [0, 0.05) is 36.1 Å². The van der Waals surface area contributed by atoms with E-state index in [-0.39, 0.29) is 5.91 Å². The molecule has 0 spiro atoms. The molecule has 0 atom stereocenters. The van der Waals surface area contributed by atoms with Gasteiger partial charge in [0.1, 0.15) is 11.4 Å². The number of nitrogens with zero attached hydrogens (tertiary/aromatic N) is 4. The van der Waals surface area contributed by atoms with Crippen molar-refractivity contribution in [2.45, 2.75) is 6.54 Å². The molecule has 0 unspecified atom stereocenters. The number of amides is 1. The van der Waals surface area contributed by atoms with Crippen LogP contribution in [0.5, 0.6) is 0 Å². The quantitative estimate of drug-likeness (QED) is 0.780. The summed E-state index contributed by atoms with van der Waals surface area (Å²) in [6, 6.07) is 3.69. The monoisotopic (exact) mass is 299 g/mol. The van der Waals surface area contributed by atoms with Crippen molar-refractivity contribution in [3.63, 3.8) is 0 Å². The van der Waals surface area contributed by atoms with Crippen LogP contribution in [0.2, 0.25) is 0 Å². The summed E-state index contributed by atoms with van der Waals surface area (Å²) in [5.41, 5.74) is 2.20. The van der Waals surface area contributed by atoms with Crippen molar-refractivity contribution < 1.29 is 4.79 Å². The SMILES string of the molecule is O=C(NCCn1ccc(-c2cnccn2)n1)c1ccsc1. The summed E-state index contributed by atoms with van der Waals surface area (Å²) in [7, 11) is 0. The number of rotatable bonds is 5. The Morgan fingerprint density at radius 3 is 3.00 bits per heavy atom. The zero-order valence-corrected chi connectivity index (χ0v) is 12.0. The third-order valence-electron chi connectivity index (χ3n) is 2.88. The molecular formula is C14H13N5OS. The standard InChI is InChI=1S/C14H13N5OS/c20-14(11-2-8-21-10-11)17-5-7-19-6-1-12(18-19)13-9-15-3-4-16-13/h1-4,6,8-10H,5,7H2,(H,17,20). The van der Waals surface area contributed by atoms with E-state index in [1.807, 2.05) is 23.0 Å². The van der Waals surface area contributed by atoms with Crippen LogP contribution < -0.4 is 5.32 Å². The first kappa shape index (κ1) is 13.4. The Hall–Kier alpha value is -2.54. The number of carbonyl (C=O) groups excluding carboxylic acids is 1. The maximum absolute atomic E-state index is 11.8. The van der Waals surface area contributed by atoms with Gasteiger partial charge in [-0.2, -0.15) is 16.4 Å². The fourth-order valence-corrected chi connectivity index (χ4v) is 2.47. The van der Waals surface area contributed by atoms with E-state index in [0.717, 1.165) is 11.4 Å². The maximum Gasteiger partial charge on any atom is 0.252 e. The van der Waals surface area contributed by atoms with E-state index < -0.39 is 0 Å². The number of hydrogen-bond acceptors (Lipinski definition) is 5. The lowest BCUT2D eigenvalue weighted by Crippen LogP contribution is -2.26.